The van der Waals surface area contributed by atoms with E-state index in [-0.39, 0.29) is 28.8 Å². The van der Waals surface area contributed by atoms with Crippen molar-refractivity contribution in [1.29, 1.82) is 0 Å². The molecular formula is C19H23BrN2O2S. The van der Waals surface area contributed by atoms with Crippen LogP contribution in [0, 0.1) is 0 Å². The van der Waals surface area contributed by atoms with Gasteiger partial charge in [0.25, 0.3) is 0 Å². The first kappa shape index (κ1) is 17.4. The van der Waals surface area contributed by atoms with Crippen molar-refractivity contribution in [3.8, 4) is 0 Å². The smallest absolute Gasteiger partial charge is 0.243 e. The van der Waals surface area contributed by atoms with E-state index in [1.165, 1.54) is 19.3 Å². The largest absolute Gasteiger partial charge is 0.352 e. The van der Waals surface area contributed by atoms with E-state index >= 15 is 0 Å². The van der Waals surface area contributed by atoms with Crippen molar-refractivity contribution in [2.24, 2.45) is 0 Å². The molecule has 0 spiro atoms. The third-order valence-electron chi connectivity index (χ3n) is 5.68. The Morgan fingerprint density at radius 3 is 2.64 bits per heavy atom. The maximum atomic E-state index is 12.9. The van der Waals surface area contributed by atoms with Crippen LogP contribution >= 0.6 is 27.7 Å². The van der Waals surface area contributed by atoms with Crippen molar-refractivity contribution in [3.05, 3.63) is 34.3 Å². The molecule has 0 unspecified atom stereocenters. The van der Waals surface area contributed by atoms with Gasteiger partial charge in [-0.25, -0.2) is 0 Å². The van der Waals surface area contributed by atoms with E-state index in [1.54, 1.807) is 11.8 Å². The lowest BCUT2D eigenvalue weighted by molar-refractivity contribution is -0.138. The molecule has 0 bridgehead atoms. The molecule has 2 aliphatic heterocycles. The fourth-order valence-corrected chi connectivity index (χ4v) is 6.31. The van der Waals surface area contributed by atoms with Crippen LogP contribution in [0.4, 0.5) is 0 Å². The van der Waals surface area contributed by atoms with Gasteiger partial charge in [0, 0.05) is 22.7 Å². The highest BCUT2D eigenvalue weighted by molar-refractivity contribution is 9.10. The quantitative estimate of drug-likeness (QED) is 0.805. The Labute approximate surface area is 161 Å². The normalized spacial score (nSPS) is 29.7. The summed E-state index contributed by atoms with van der Waals surface area (Å²) in [4.78, 5) is 27.0. The molecule has 1 N–H and O–H groups in total. The number of nitrogens with zero attached hydrogens (tertiary/aromatic N) is 1. The van der Waals surface area contributed by atoms with Crippen LogP contribution in [0.3, 0.4) is 0 Å². The van der Waals surface area contributed by atoms with Gasteiger partial charge in [0.2, 0.25) is 11.8 Å². The highest BCUT2D eigenvalue weighted by Gasteiger charge is 2.56. The summed E-state index contributed by atoms with van der Waals surface area (Å²) in [5.41, 5.74) is 1.12. The van der Waals surface area contributed by atoms with Crippen LogP contribution in [0.1, 0.15) is 50.5 Å². The summed E-state index contributed by atoms with van der Waals surface area (Å²) in [6, 6.07) is 8.12. The Morgan fingerprint density at radius 2 is 1.92 bits per heavy atom. The molecule has 1 saturated carbocycles. The maximum Gasteiger partial charge on any atom is 0.243 e. The summed E-state index contributed by atoms with van der Waals surface area (Å²) in [5, 5.41) is 3.22. The maximum absolute atomic E-state index is 12.9. The number of amides is 2. The Bertz CT molecular complexity index is 675. The molecule has 4 nitrogen and oxygen atoms in total. The second kappa shape index (κ2) is 6.95. The zero-order valence-corrected chi connectivity index (χ0v) is 16.6. The Balaban J connectivity index is 1.56. The van der Waals surface area contributed by atoms with Crippen LogP contribution in [0.5, 0.6) is 0 Å². The Morgan fingerprint density at radius 1 is 1.20 bits per heavy atom. The van der Waals surface area contributed by atoms with Crippen LogP contribution in [0.25, 0.3) is 0 Å². The molecular weight excluding hydrogens is 400 g/mol. The molecule has 4 rings (SSSR count). The Hall–Kier alpha value is -1.01. The number of thioether (sulfide) groups is 1. The van der Waals surface area contributed by atoms with Crippen molar-refractivity contribution in [2.75, 3.05) is 5.75 Å². The van der Waals surface area contributed by atoms with E-state index in [4.69, 9.17) is 0 Å². The van der Waals surface area contributed by atoms with Crippen LogP contribution < -0.4 is 5.32 Å². The van der Waals surface area contributed by atoms with Crippen LogP contribution in [-0.2, 0) is 14.5 Å². The van der Waals surface area contributed by atoms with Gasteiger partial charge >= 0.3 is 0 Å². The zero-order chi connectivity index (χ0) is 17.4. The molecule has 0 aromatic heterocycles. The predicted octanol–water partition coefficient (Wildman–Crippen LogP) is 3.79. The number of fused-ring (bicyclic) bond motifs is 1. The molecule has 2 saturated heterocycles. The summed E-state index contributed by atoms with van der Waals surface area (Å²) in [5.74, 6) is 0.825. The van der Waals surface area contributed by atoms with E-state index in [2.05, 4.69) is 33.4 Å². The SMILES string of the molecule is O=C(NC1CCCCC1)[C@@H]1CS[C@]2(c3ccc(Br)cc3)CCC(=O)N12. The topological polar surface area (TPSA) is 49.4 Å². The number of halogens is 1. The molecule has 1 aliphatic carbocycles. The van der Waals surface area contributed by atoms with Gasteiger partial charge in [0.15, 0.2) is 0 Å². The molecule has 2 atom stereocenters. The van der Waals surface area contributed by atoms with Gasteiger partial charge in [-0.2, -0.15) is 0 Å². The molecule has 25 heavy (non-hydrogen) atoms. The molecule has 2 amide bonds. The van der Waals surface area contributed by atoms with Crippen molar-refractivity contribution < 1.29 is 9.59 Å². The standard InChI is InChI=1S/C19H23BrN2O2S/c20-14-8-6-13(7-9-14)19-11-10-17(23)22(19)16(12-25-19)18(24)21-15-4-2-1-3-5-15/h6-9,15-16H,1-5,10-12H2,(H,21,24)/t16-,19-/m0/s1. The molecule has 1 aromatic rings. The minimum atomic E-state index is -0.369. The van der Waals surface area contributed by atoms with Crippen LogP contribution in [0.2, 0.25) is 0 Å². The number of carbonyl (C=O) groups excluding carboxylic acids is 2. The van der Waals surface area contributed by atoms with E-state index < -0.39 is 0 Å². The highest BCUT2D eigenvalue weighted by Crippen LogP contribution is 2.54. The first-order valence-corrected chi connectivity index (χ1v) is 10.9. The lowest BCUT2D eigenvalue weighted by atomic mass is 9.95. The lowest BCUT2D eigenvalue weighted by Crippen LogP contribution is -2.52. The minimum Gasteiger partial charge on any atom is -0.352 e. The summed E-state index contributed by atoms with van der Waals surface area (Å²) >= 11 is 5.23. The second-order valence-corrected chi connectivity index (χ2v) is 9.44. The van der Waals surface area contributed by atoms with E-state index in [9.17, 15) is 9.59 Å². The number of hydrogen-bond donors (Lipinski definition) is 1. The van der Waals surface area contributed by atoms with Crippen molar-refractivity contribution >= 4 is 39.5 Å². The van der Waals surface area contributed by atoms with Gasteiger partial charge in [0.05, 0.1) is 0 Å². The molecule has 1 aromatic carbocycles. The van der Waals surface area contributed by atoms with Crippen LogP contribution in [-0.4, -0.2) is 34.6 Å². The summed E-state index contributed by atoms with van der Waals surface area (Å²) in [7, 11) is 0. The van der Waals surface area contributed by atoms with Gasteiger partial charge in [-0.1, -0.05) is 47.3 Å². The molecule has 3 aliphatic rings. The number of hydrogen-bond acceptors (Lipinski definition) is 3. The molecule has 2 heterocycles. The average Bonchev–Trinajstić information content (AvgIpc) is 3.16. The van der Waals surface area contributed by atoms with Crippen molar-refractivity contribution in [3.63, 3.8) is 0 Å². The summed E-state index contributed by atoms with van der Waals surface area (Å²) in [6.45, 7) is 0. The number of benzene rings is 1. The van der Waals surface area contributed by atoms with Gasteiger partial charge in [0.1, 0.15) is 10.9 Å². The van der Waals surface area contributed by atoms with Gasteiger partial charge in [-0.15, -0.1) is 11.8 Å². The second-order valence-electron chi connectivity index (χ2n) is 7.23. The molecule has 6 heteroatoms. The van der Waals surface area contributed by atoms with Gasteiger partial charge in [-0.05, 0) is 37.0 Å². The van der Waals surface area contributed by atoms with E-state index in [0.717, 1.165) is 29.3 Å². The molecule has 0 radical (unpaired) electrons. The van der Waals surface area contributed by atoms with Crippen molar-refractivity contribution in [2.45, 2.75) is 61.9 Å². The Kier molecular flexibility index (Phi) is 4.84. The number of nitrogens with one attached hydrogen (secondary N) is 1. The summed E-state index contributed by atoms with van der Waals surface area (Å²) in [6.07, 6.45) is 7.09. The predicted molar refractivity (Wildman–Crippen MR) is 103 cm³/mol. The van der Waals surface area contributed by atoms with Crippen molar-refractivity contribution in [1.82, 2.24) is 10.2 Å². The average molecular weight is 423 g/mol. The molecule has 3 fully saturated rings. The third kappa shape index (κ3) is 3.12. The van der Waals surface area contributed by atoms with Gasteiger partial charge < -0.3 is 10.2 Å². The number of carbonyl (C=O) groups is 2. The van der Waals surface area contributed by atoms with Gasteiger partial charge in [-0.3, -0.25) is 9.59 Å². The summed E-state index contributed by atoms with van der Waals surface area (Å²) < 4.78 is 1.03. The minimum absolute atomic E-state index is 0.0358. The third-order valence-corrected chi connectivity index (χ3v) is 7.80. The van der Waals surface area contributed by atoms with Crippen LogP contribution in [0.15, 0.2) is 28.7 Å². The monoisotopic (exact) mass is 422 g/mol. The molecule has 134 valence electrons. The first-order chi connectivity index (χ1) is 12.1. The lowest BCUT2D eigenvalue weighted by Gasteiger charge is -2.34. The first-order valence-electron chi connectivity index (χ1n) is 9.13. The zero-order valence-electron chi connectivity index (χ0n) is 14.2. The fraction of sp³-hybridized carbons (Fsp3) is 0.579. The fourth-order valence-electron chi connectivity index (χ4n) is 4.39. The number of rotatable bonds is 3. The van der Waals surface area contributed by atoms with E-state index in [1.807, 2.05) is 17.0 Å². The van der Waals surface area contributed by atoms with E-state index in [0.29, 0.717) is 12.2 Å². The highest BCUT2D eigenvalue weighted by atomic mass is 79.9.